The molecule has 0 aromatic heterocycles. The number of nitrogens with one attached hydrogen (secondary N) is 1. The quantitative estimate of drug-likeness (QED) is 0.811. The first kappa shape index (κ1) is 14.1. The van der Waals surface area contributed by atoms with E-state index in [1.54, 1.807) is 7.11 Å². The van der Waals surface area contributed by atoms with Crippen molar-refractivity contribution in [3.8, 4) is 18.1 Å². The number of hydrogen-bond acceptors (Lipinski definition) is 2. The van der Waals surface area contributed by atoms with Gasteiger partial charge >= 0.3 is 0 Å². The molecule has 1 rings (SSSR count). The van der Waals surface area contributed by atoms with Gasteiger partial charge in [-0.1, -0.05) is 13.0 Å². The van der Waals surface area contributed by atoms with Gasteiger partial charge in [0.2, 0.25) is 0 Å². The molecular formula is C14H18BrNO. The van der Waals surface area contributed by atoms with Crippen LogP contribution in [-0.4, -0.2) is 13.7 Å². The van der Waals surface area contributed by atoms with E-state index in [2.05, 4.69) is 46.2 Å². The standard InChI is InChI=1S/C14H18BrNO/c1-4-6-7-13(16-5-2)11-8-9-14(17-3)12(15)10-11/h1,8-10,13,16H,5-7H2,2-3H3. The Balaban J connectivity index is 2.86. The van der Waals surface area contributed by atoms with Gasteiger partial charge in [0.15, 0.2) is 0 Å². The van der Waals surface area contributed by atoms with Gasteiger partial charge in [-0.3, -0.25) is 0 Å². The van der Waals surface area contributed by atoms with Crippen molar-refractivity contribution in [2.24, 2.45) is 0 Å². The van der Waals surface area contributed by atoms with E-state index in [1.165, 1.54) is 5.56 Å². The Hall–Kier alpha value is -0.980. The van der Waals surface area contributed by atoms with Gasteiger partial charge in [-0.15, -0.1) is 12.3 Å². The van der Waals surface area contributed by atoms with E-state index in [-0.39, 0.29) is 0 Å². The summed E-state index contributed by atoms with van der Waals surface area (Å²) in [4.78, 5) is 0. The maximum absolute atomic E-state index is 5.32. The Morgan fingerprint density at radius 1 is 1.53 bits per heavy atom. The third-order valence-electron chi connectivity index (χ3n) is 2.61. The van der Waals surface area contributed by atoms with Crippen molar-refractivity contribution < 1.29 is 4.74 Å². The highest BCUT2D eigenvalue weighted by atomic mass is 79.9. The van der Waals surface area contributed by atoms with Crippen molar-refractivity contribution in [3.05, 3.63) is 28.2 Å². The van der Waals surface area contributed by atoms with E-state index in [0.717, 1.165) is 29.6 Å². The molecule has 92 valence electrons. The van der Waals surface area contributed by atoms with Gasteiger partial charge in [0.05, 0.1) is 11.6 Å². The number of hydrogen-bond donors (Lipinski definition) is 1. The van der Waals surface area contributed by atoms with Crippen molar-refractivity contribution in [2.45, 2.75) is 25.8 Å². The molecule has 0 saturated carbocycles. The summed E-state index contributed by atoms with van der Waals surface area (Å²) in [6.07, 6.45) is 7.05. The second-order valence-electron chi connectivity index (χ2n) is 3.75. The molecule has 2 nitrogen and oxygen atoms in total. The van der Waals surface area contributed by atoms with Crippen LogP contribution in [0.5, 0.6) is 5.75 Å². The molecule has 17 heavy (non-hydrogen) atoms. The van der Waals surface area contributed by atoms with E-state index in [0.29, 0.717) is 6.04 Å². The largest absolute Gasteiger partial charge is 0.496 e. The molecule has 0 fully saturated rings. The molecule has 1 N–H and O–H groups in total. The Morgan fingerprint density at radius 3 is 2.82 bits per heavy atom. The molecule has 0 saturated heterocycles. The molecule has 0 bridgehead atoms. The summed E-state index contributed by atoms with van der Waals surface area (Å²) < 4.78 is 6.19. The summed E-state index contributed by atoms with van der Waals surface area (Å²) in [5, 5.41) is 3.44. The molecule has 0 radical (unpaired) electrons. The molecule has 0 amide bonds. The van der Waals surface area contributed by atoms with Crippen molar-refractivity contribution in [1.82, 2.24) is 5.32 Å². The highest BCUT2D eigenvalue weighted by Crippen LogP contribution is 2.29. The average Bonchev–Trinajstić information content (AvgIpc) is 2.34. The lowest BCUT2D eigenvalue weighted by Crippen LogP contribution is -2.20. The summed E-state index contributed by atoms with van der Waals surface area (Å²) in [5.41, 5.74) is 1.23. The zero-order valence-electron chi connectivity index (χ0n) is 10.3. The molecule has 1 aromatic carbocycles. The molecule has 1 atom stereocenters. The molecule has 0 aliphatic carbocycles. The summed E-state index contributed by atoms with van der Waals surface area (Å²) in [6.45, 7) is 3.03. The van der Waals surface area contributed by atoms with Crippen LogP contribution in [0.25, 0.3) is 0 Å². The molecular weight excluding hydrogens is 278 g/mol. The summed E-state index contributed by atoms with van der Waals surface area (Å²) in [7, 11) is 1.67. The topological polar surface area (TPSA) is 21.3 Å². The summed E-state index contributed by atoms with van der Waals surface area (Å²) in [6, 6.07) is 6.44. The van der Waals surface area contributed by atoms with Crippen molar-refractivity contribution in [3.63, 3.8) is 0 Å². The Kier molecular flexibility index (Phi) is 6.10. The van der Waals surface area contributed by atoms with Gasteiger partial charge in [0, 0.05) is 12.5 Å². The number of halogens is 1. The van der Waals surface area contributed by atoms with Crippen LogP contribution in [0.3, 0.4) is 0 Å². The molecule has 3 heteroatoms. The lowest BCUT2D eigenvalue weighted by molar-refractivity contribution is 0.411. The first-order valence-electron chi connectivity index (χ1n) is 5.73. The van der Waals surface area contributed by atoms with Crippen LogP contribution in [0.1, 0.15) is 31.4 Å². The predicted molar refractivity (Wildman–Crippen MR) is 75.2 cm³/mol. The van der Waals surface area contributed by atoms with Gasteiger partial charge in [-0.2, -0.15) is 0 Å². The first-order valence-corrected chi connectivity index (χ1v) is 6.52. The average molecular weight is 296 g/mol. The fourth-order valence-corrected chi connectivity index (χ4v) is 2.32. The summed E-state index contributed by atoms with van der Waals surface area (Å²) in [5.74, 6) is 3.54. The molecule has 1 unspecified atom stereocenters. The SMILES string of the molecule is C#CCCC(NCC)c1ccc(OC)c(Br)c1. The van der Waals surface area contributed by atoms with E-state index < -0.39 is 0 Å². The second-order valence-corrected chi connectivity index (χ2v) is 4.60. The first-order chi connectivity index (χ1) is 8.22. The zero-order chi connectivity index (χ0) is 12.7. The number of terminal acetylenes is 1. The lowest BCUT2D eigenvalue weighted by atomic mass is 10.0. The minimum absolute atomic E-state index is 0.304. The van der Waals surface area contributed by atoms with Crippen LogP contribution in [-0.2, 0) is 0 Å². The number of rotatable bonds is 6. The number of methoxy groups -OCH3 is 1. The lowest BCUT2D eigenvalue weighted by Gasteiger charge is -2.18. The van der Waals surface area contributed by atoms with E-state index >= 15 is 0 Å². The predicted octanol–water partition coefficient (Wildman–Crippen LogP) is 3.52. The van der Waals surface area contributed by atoms with Crippen LogP contribution < -0.4 is 10.1 Å². The summed E-state index contributed by atoms with van der Waals surface area (Å²) >= 11 is 3.50. The van der Waals surface area contributed by atoms with Crippen molar-refractivity contribution in [2.75, 3.05) is 13.7 Å². The van der Waals surface area contributed by atoms with Crippen LogP contribution in [0, 0.1) is 12.3 Å². The maximum atomic E-state index is 5.32. The highest BCUT2D eigenvalue weighted by Gasteiger charge is 2.11. The maximum Gasteiger partial charge on any atom is 0.133 e. The van der Waals surface area contributed by atoms with Crippen LogP contribution in [0.15, 0.2) is 22.7 Å². The van der Waals surface area contributed by atoms with Crippen molar-refractivity contribution in [1.29, 1.82) is 0 Å². The van der Waals surface area contributed by atoms with Crippen LogP contribution in [0.4, 0.5) is 0 Å². The Morgan fingerprint density at radius 2 is 2.29 bits per heavy atom. The van der Waals surface area contributed by atoms with Gasteiger partial charge < -0.3 is 10.1 Å². The smallest absolute Gasteiger partial charge is 0.133 e. The van der Waals surface area contributed by atoms with E-state index in [9.17, 15) is 0 Å². The molecule has 0 aliphatic heterocycles. The Labute approximate surface area is 112 Å². The third-order valence-corrected chi connectivity index (χ3v) is 3.23. The molecule has 0 aliphatic rings. The normalized spacial score (nSPS) is 11.9. The zero-order valence-corrected chi connectivity index (χ0v) is 11.9. The van der Waals surface area contributed by atoms with Gasteiger partial charge in [0.1, 0.15) is 5.75 Å². The van der Waals surface area contributed by atoms with Crippen molar-refractivity contribution >= 4 is 15.9 Å². The van der Waals surface area contributed by atoms with Gasteiger partial charge in [-0.05, 0) is 46.6 Å². The number of benzene rings is 1. The van der Waals surface area contributed by atoms with E-state index in [4.69, 9.17) is 11.2 Å². The fraction of sp³-hybridized carbons (Fsp3) is 0.429. The Bertz CT molecular complexity index is 398. The number of ether oxygens (including phenoxy) is 1. The minimum Gasteiger partial charge on any atom is -0.496 e. The molecule has 1 aromatic rings. The molecule has 0 heterocycles. The fourth-order valence-electron chi connectivity index (χ4n) is 1.76. The third kappa shape index (κ3) is 4.07. The second kappa shape index (κ2) is 7.37. The van der Waals surface area contributed by atoms with Gasteiger partial charge in [-0.25, -0.2) is 0 Å². The van der Waals surface area contributed by atoms with Crippen LogP contribution in [0.2, 0.25) is 0 Å². The highest BCUT2D eigenvalue weighted by molar-refractivity contribution is 9.10. The van der Waals surface area contributed by atoms with E-state index in [1.807, 2.05) is 6.07 Å². The monoisotopic (exact) mass is 295 g/mol. The minimum atomic E-state index is 0.304. The van der Waals surface area contributed by atoms with Gasteiger partial charge in [0.25, 0.3) is 0 Å². The molecule has 0 spiro atoms. The van der Waals surface area contributed by atoms with Crippen LogP contribution >= 0.6 is 15.9 Å².